The number of carbonyl (C=O) groups is 3. The number of carbonyl (C=O) groups excluding carboxylic acids is 3. The SMILES string of the molecule is CCN(CC)C(=O)CN(C)CC(=O)NC(=O)NC12CC3CC(CC(C3)C1)C2. The second kappa shape index (κ2) is 8.17. The highest BCUT2D eigenvalue weighted by Gasteiger charge is 2.51. The lowest BCUT2D eigenvalue weighted by Crippen LogP contribution is -2.62. The summed E-state index contributed by atoms with van der Waals surface area (Å²) < 4.78 is 0. The van der Waals surface area contributed by atoms with Gasteiger partial charge < -0.3 is 10.2 Å². The zero-order chi connectivity index (χ0) is 19.6. The molecule has 0 spiro atoms. The Balaban J connectivity index is 1.44. The lowest BCUT2D eigenvalue weighted by molar-refractivity contribution is -0.132. The number of hydrogen-bond donors (Lipinski definition) is 2. The molecule has 2 N–H and O–H groups in total. The van der Waals surface area contributed by atoms with Crippen LogP contribution in [0.5, 0.6) is 0 Å². The summed E-state index contributed by atoms with van der Waals surface area (Å²) in [5.41, 5.74) is -0.107. The van der Waals surface area contributed by atoms with E-state index in [4.69, 9.17) is 0 Å². The van der Waals surface area contributed by atoms with E-state index in [-0.39, 0.29) is 36.5 Å². The van der Waals surface area contributed by atoms with E-state index in [0.717, 1.165) is 37.0 Å². The van der Waals surface area contributed by atoms with E-state index in [1.165, 1.54) is 19.3 Å². The molecule has 0 aliphatic heterocycles. The number of nitrogens with one attached hydrogen (secondary N) is 2. The minimum Gasteiger partial charge on any atom is -0.342 e. The molecule has 4 bridgehead atoms. The van der Waals surface area contributed by atoms with E-state index in [2.05, 4.69) is 10.6 Å². The number of rotatable bonds is 7. The van der Waals surface area contributed by atoms with Crippen LogP contribution >= 0.6 is 0 Å². The molecule has 7 nitrogen and oxygen atoms in total. The maximum Gasteiger partial charge on any atom is 0.321 e. The fourth-order valence-electron chi connectivity index (χ4n) is 5.91. The van der Waals surface area contributed by atoms with Crippen molar-refractivity contribution in [2.75, 3.05) is 33.2 Å². The fourth-order valence-corrected chi connectivity index (χ4v) is 5.91. The van der Waals surface area contributed by atoms with Crippen LogP contribution < -0.4 is 10.6 Å². The molecule has 27 heavy (non-hydrogen) atoms. The molecular weight excluding hydrogens is 344 g/mol. The van der Waals surface area contributed by atoms with Crippen LogP contribution in [-0.2, 0) is 9.59 Å². The molecule has 0 heterocycles. The minimum atomic E-state index is -0.384. The first kappa shape index (κ1) is 20.1. The number of hydrogen-bond acceptors (Lipinski definition) is 4. The summed E-state index contributed by atoms with van der Waals surface area (Å²) in [6.45, 7) is 5.38. The van der Waals surface area contributed by atoms with Gasteiger partial charge in [0.15, 0.2) is 0 Å². The van der Waals surface area contributed by atoms with Crippen molar-refractivity contribution in [1.82, 2.24) is 20.4 Å². The van der Waals surface area contributed by atoms with E-state index >= 15 is 0 Å². The number of imide groups is 1. The predicted octanol–water partition coefficient (Wildman–Crippen LogP) is 1.58. The first-order valence-corrected chi connectivity index (χ1v) is 10.4. The van der Waals surface area contributed by atoms with Gasteiger partial charge in [0, 0.05) is 18.6 Å². The van der Waals surface area contributed by atoms with Gasteiger partial charge in [-0.25, -0.2) is 4.79 Å². The zero-order valence-electron chi connectivity index (χ0n) is 16.9. The van der Waals surface area contributed by atoms with Crippen LogP contribution in [0.2, 0.25) is 0 Å². The summed E-state index contributed by atoms with van der Waals surface area (Å²) in [4.78, 5) is 40.1. The highest BCUT2D eigenvalue weighted by atomic mass is 16.2. The van der Waals surface area contributed by atoms with Gasteiger partial charge in [0.05, 0.1) is 13.1 Å². The first-order chi connectivity index (χ1) is 12.8. The second-order valence-electron chi connectivity index (χ2n) is 8.94. The number of likely N-dealkylation sites (N-methyl/N-ethyl adjacent to an activating group) is 2. The molecule has 7 heteroatoms. The van der Waals surface area contributed by atoms with E-state index in [1.54, 1.807) is 16.8 Å². The summed E-state index contributed by atoms with van der Waals surface area (Å²) in [6, 6.07) is -0.384. The molecule has 4 aliphatic carbocycles. The molecule has 152 valence electrons. The van der Waals surface area contributed by atoms with Crippen molar-refractivity contribution in [1.29, 1.82) is 0 Å². The quantitative estimate of drug-likeness (QED) is 0.705. The minimum absolute atomic E-state index is 0.00619. The van der Waals surface area contributed by atoms with Crippen LogP contribution in [0.1, 0.15) is 52.4 Å². The van der Waals surface area contributed by atoms with E-state index in [1.807, 2.05) is 13.8 Å². The monoisotopic (exact) mass is 378 g/mol. The van der Waals surface area contributed by atoms with Crippen LogP contribution in [0.4, 0.5) is 4.79 Å². The Kier molecular flexibility index (Phi) is 6.08. The van der Waals surface area contributed by atoms with Crippen LogP contribution in [0.25, 0.3) is 0 Å². The number of urea groups is 1. The molecule has 0 aromatic rings. The maximum atomic E-state index is 12.4. The Morgan fingerprint density at radius 3 is 1.93 bits per heavy atom. The molecule has 0 saturated heterocycles. The summed E-state index contributed by atoms with van der Waals surface area (Å²) in [7, 11) is 1.72. The Labute approximate surface area is 162 Å². The van der Waals surface area contributed by atoms with Crippen LogP contribution in [0.3, 0.4) is 0 Å². The van der Waals surface area contributed by atoms with E-state index in [0.29, 0.717) is 13.1 Å². The van der Waals surface area contributed by atoms with Crippen molar-refractivity contribution in [3.8, 4) is 0 Å². The zero-order valence-corrected chi connectivity index (χ0v) is 16.9. The Morgan fingerprint density at radius 2 is 1.44 bits per heavy atom. The van der Waals surface area contributed by atoms with Gasteiger partial charge in [-0.3, -0.25) is 19.8 Å². The molecule has 4 aliphatic rings. The third-order valence-electron chi connectivity index (χ3n) is 6.60. The Bertz CT molecular complexity index is 552. The lowest BCUT2D eigenvalue weighted by atomic mass is 9.53. The lowest BCUT2D eigenvalue weighted by Gasteiger charge is -2.56. The van der Waals surface area contributed by atoms with Crippen LogP contribution in [-0.4, -0.2) is 66.4 Å². The molecule has 4 fully saturated rings. The van der Waals surface area contributed by atoms with Crippen molar-refractivity contribution in [2.24, 2.45) is 17.8 Å². The summed E-state index contributed by atoms with van der Waals surface area (Å²) in [5.74, 6) is 1.85. The first-order valence-electron chi connectivity index (χ1n) is 10.4. The standard InChI is InChI=1S/C20H34N4O3/c1-4-24(5-2)18(26)13-23(3)12-17(25)21-19(27)22-20-9-14-6-15(10-20)8-16(7-14)11-20/h14-16H,4-13H2,1-3H3,(H2,21,22,25,27). The number of nitrogens with zero attached hydrogens (tertiary/aromatic N) is 2. The molecule has 0 aromatic carbocycles. The van der Waals surface area contributed by atoms with Gasteiger partial charge in [-0.1, -0.05) is 0 Å². The third-order valence-corrected chi connectivity index (χ3v) is 6.60. The van der Waals surface area contributed by atoms with Gasteiger partial charge in [-0.15, -0.1) is 0 Å². The molecule has 0 radical (unpaired) electrons. The van der Waals surface area contributed by atoms with E-state index in [9.17, 15) is 14.4 Å². The van der Waals surface area contributed by atoms with Gasteiger partial charge in [0.2, 0.25) is 11.8 Å². The average Bonchev–Trinajstić information content (AvgIpc) is 2.53. The van der Waals surface area contributed by atoms with Gasteiger partial charge in [0.25, 0.3) is 0 Å². The normalized spacial score (nSPS) is 31.0. The van der Waals surface area contributed by atoms with Crippen molar-refractivity contribution in [3.05, 3.63) is 0 Å². The van der Waals surface area contributed by atoms with Crippen molar-refractivity contribution >= 4 is 17.8 Å². The van der Waals surface area contributed by atoms with E-state index < -0.39 is 0 Å². The van der Waals surface area contributed by atoms with Crippen molar-refractivity contribution < 1.29 is 14.4 Å². The smallest absolute Gasteiger partial charge is 0.321 e. The molecule has 0 aromatic heterocycles. The Hall–Kier alpha value is -1.63. The molecule has 4 saturated carbocycles. The highest BCUT2D eigenvalue weighted by Crippen LogP contribution is 2.55. The second-order valence-corrected chi connectivity index (χ2v) is 8.94. The Morgan fingerprint density at radius 1 is 0.926 bits per heavy atom. The molecule has 4 amide bonds. The molecular formula is C20H34N4O3. The topological polar surface area (TPSA) is 81.8 Å². The van der Waals surface area contributed by atoms with Crippen molar-refractivity contribution in [2.45, 2.75) is 57.9 Å². The largest absolute Gasteiger partial charge is 0.342 e. The number of amides is 4. The van der Waals surface area contributed by atoms with Gasteiger partial charge >= 0.3 is 6.03 Å². The van der Waals surface area contributed by atoms with Gasteiger partial charge in [0.1, 0.15) is 0 Å². The van der Waals surface area contributed by atoms with Gasteiger partial charge in [-0.2, -0.15) is 0 Å². The van der Waals surface area contributed by atoms with Gasteiger partial charge in [-0.05, 0) is 77.2 Å². The van der Waals surface area contributed by atoms with Crippen LogP contribution in [0.15, 0.2) is 0 Å². The maximum absolute atomic E-state index is 12.4. The molecule has 0 atom stereocenters. The summed E-state index contributed by atoms with van der Waals surface area (Å²) in [5, 5.41) is 5.60. The average molecular weight is 379 g/mol. The summed E-state index contributed by atoms with van der Waals surface area (Å²) in [6.07, 6.45) is 7.10. The summed E-state index contributed by atoms with van der Waals surface area (Å²) >= 11 is 0. The predicted molar refractivity (Wildman–Crippen MR) is 103 cm³/mol. The molecule has 4 rings (SSSR count). The fraction of sp³-hybridized carbons (Fsp3) is 0.850. The highest BCUT2D eigenvalue weighted by molar-refractivity contribution is 5.95. The third kappa shape index (κ3) is 4.81. The molecule has 0 unspecified atom stereocenters. The van der Waals surface area contributed by atoms with Crippen LogP contribution in [0, 0.1) is 17.8 Å². The van der Waals surface area contributed by atoms with Crippen molar-refractivity contribution in [3.63, 3.8) is 0 Å².